The van der Waals surface area contributed by atoms with E-state index in [-0.39, 0.29) is 17.0 Å². The Labute approximate surface area is 115 Å². The number of phenolic OH excluding ortho intramolecular Hbond substituents is 1. The fourth-order valence-electron chi connectivity index (χ4n) is 1.63. The van der Waals surface area contributed by atoms with Crippen molar-refractivity contribution in [1.82, 2.24) is 0 Å². The number of anilines is 1. The molecule has 0 unspecified atom stereocenters. The van der Waals surface area contributed by atoms with Crippen LogP contribution in [-0.2, 0) is 0 Å². The van der Waals surface area contributed by atoms with Crippen LogP contribution in [0.1, 0.15) is 11.1 Å². The molecule has 2 rings (SSSR count). The maximum atomic E-state index is 10.7. The molecule has 0 bridgehead atoms. The van der Waals surface area contributed by atoms with Crippen LogP contribution in [0.15, 0.2) is 47.6 Å². The predicted octanol–water partition coefficient (Wildman–Crippen LogP) is 3.05. The van der Waals surface area contributed by atoms with Gasteiger partial charge in [-0.1, -0.05) is 18.2 Å². The van der Waals surface area contributed by atoms with Crippen molar-refractivity contribution in [2.75, 3.05) is 5.43 Å². The quantitative estimate of drug-likeness (QED) is 0.508. The van der Waals surface area contributed by atoms with Gasteiger partial charge in [-0.2, -0.15) is 5.10 Å². The Balaban J connectivity index is 2.17. The number of non-ortho nitro benzene ring substituents is 1. The van der Waals surface area contributed by atoms with E-state index in [1.807, 2.05) is 31.2 Å². The lowest BCUT2D eigenvalue weighted by Gasteiger charge is -2.03. The van der Waals surface area contributed by atoms with Gasteiger partial charge >= 0.3 is 0 Å². The zero-order chi connectivity index (χ0) is 14.5. The second kappa shape index (κ2) is 5.83. The fourth-order valence-corrected chi connectivity index (χ4v) is 1.63. The van der Waals surface area contributed by atoms with Gasteiger partial charge in [0.15, 0.2) is 0 Å². The average molecular weight is 271 g/mol. The second-order valence-corrected chi connectivity index (χ2v) is 4.19. The van der Waals surface area contributed by atoms with E-state index in [2.05, 4.69) is 10.5 Å². The Hall–Kier alpha value is -2.89. The van der Waals surface area contributed by atoms with Crippen LogP contribution in [0.5, 0.6) is 5.75 Å². The number of para-hydroxylation sites is 1. The minimum absolute atomic E-state index is 0.0640. The smallest absolute Gasteiger partial charge is 0.270 e. The molecule has 0 amide bonds. The highest BCUT2D eigenvalue weighted by Crippen LogP contribution is 2.21. The third kappa shape index (κ3) is 3.11. The number of nitro groups is 1. The normalized spacial score (nSPS) is 10.7. The number of hydrazone groups is 1. The van der Waals surface area contributed by atoms with Gasteiger partial charge in [0, 0.05) is 17.7 Å². The Bertz CT molecular complexity index is 668. The number of nitrogens with one attached hydrogen (secondary N) is 1. The number of hydrogen-bond acceptors (Lipinski definition) is 5. The lowest BCUT2D eigenvalue weighted by molar-refractivity contribution is -0.384. The number of nitro benzene ring substituents is 1. The third-order valence-corrected chi connectivity index (χ3v) is 2.76. The van der Waals surface area contributed by atoms with Crippen molar-refractivity contribution in [2.24, 2.45) is 5.10 Å². The fraction of sp³-hybridized carbons (Fsp3) is 0.0714. The zero-order valence-corrected chi connectivity index (χ0v) is 10.8. The summed E-state index contributed by atoms with van der Waals surface area (Å²) < 4.78 is 0. The number of phenols is 1. The van der Waals surface area contributed by atoms with Gasteiger partial charge in [0.2, 0.25) is 0 Å². The van der Waals surface area contributed by atoms with Gasteiger partial charge in [0.05, 0.1) is 16.8 Å². The molecule has 0 aliphatic rings. The van der Waals surface area contributed by atoms with Gasteiger partial charge in [-0.25, -0.2) is 0 Å². The van der Waals surface area contributed by atoms with E-state index in [1.54, 1.807) is 0 Å². The maximum absolute atomic E-state index is 10.7. The van der Waals surface area contributed by atoms with Crippen molar-refractivity contribution in [1.29, 1.82) is 0 Å². The molecule has 6 heteroatoms. The summed E-state index contributed by atoms with van der Waals surface area (Å²) in [5, 5.41) is 24.3. The molecule has 0 saturated heterocycles. The molecule has 0 aromatic heterocycles. The van der Waals surface area contributed by atoms with Crippen LogP contribution in [-0.4, -0.2) is 16.2 Å². The number of nitrogens with zero attached hydrogens (tertiary/aromatic N) is 2. The van der Waals surface area contributed by atoms with Gasteiger partial charge in [-0.05, 0) is 24.6 Å². The molecule has 0 aliphatic heterocycles. The number of aryl methyl sites for hydroxylation is 1. The van der Waals surface area contributed by atoms with Gasteiger partial charge in [0.25, 0.3) is 5.69 Å². The van der Waals surface area contributed by atoms with Crippen molar-refractivity contribution >= 4 is 17.6 Å². The molecule has 2 aromatic carbocycles. The van der Waals surface area contributed by atoms with E-state index in [9.17, 15) is 15.2 Å². The largest absolute Gasteiger partial charge is 0.507 e. The third-order valence-electron chi connectivity index (χ3n) is 2.76. The Morgan fingerprint density at radius 3 is 2.75 bits per heavy atom. The molecule has 0 saturated carbocycles. The average Bonchev–Trinajstić information content (AvgIpc) is 2.42. The van der Waals surface area contributed by atoms with Gasteiger partial charge < -0.3 is 5.11 Å². The zero-order valence-electron chi connectivity index (χ0n) is 10.8. The minimum Gasteiger partial charge on any atom is -0.507 e. The summed E-state index contributed by atoms with van der Waals surface area (Å²) >= 11 is 0. The Kier molecular flexibility index (Phi) is 3.95. The molecule has 0 heterocycles. The molecule has 20 heavy (non-hydrogen) atoms. The standard InChI is InChI=1S/C14H13N3O3/c1-10-4-2-3-5-13(10)16-15-9-11-8-12(17(19)20)6-7-14(11)18/h2-9,16,18H,1H3/b15-9+. The van der Waals surface area contributed by atoms with Crippen LogP contribution >= 0.6 is 0 Å². The van der Waals surface area contributed by atoms with E-state index in [0.29, 0.717) is 0 Å². The molecular weight excluding hydrogens is 258 g/mol. The van der Waals surface area contributed by atoms with Gasteiger partial charge in [-0.15, -0.1) is 0 Å². The molecule has 102 valence electrons. The number of rotatable bonds is 4. The lowest BCUT2D eigenvalue weighted by atomic mass is 10.2. The molecule has 0 atom stereocenters. The van der Waals surface area contributed by atoms with Crippen LogP contribution < -0.4 is 5.43 Å². The maximum Gasteiger partial charge on any atom is 0.270 e. The summed E-state index contributed by atoms with van der Waals surface area (Å²) in [6.45, 7) is 1.93. The van der Waals surface area contributed by atoms with Crippen molar-refractivity contribution in [3.8, 4) is 5.75 Å². The molecular formula is C14H13N3O3. The summed E-state index contributed by atoms with van der Waals surface area (Å²) in [6.07, 6.45) is 1.34. The first-order chi connectivity index (χ1) is 9.58. The van der Waals surface area contributed by atoms with Crippen molar-refractivity contribution in [3.05, 3.63) is 63.7 Å². The van der Waals surface area contributed by atoms with Crippen LogP contribution in [0, 0.1) is 17.0 Å². The molecule has 0 aliphatic carbocycles. The highest BCUT2D eigenvalue weighted by Gasteiger charge is 2.08. The van der Waals surface area contributed by atoms with E-state index in [0.717, 1.165) is 11.3 Å². The van der Waals surface area contributed by atoms with E-state index in [4.69, 9.17) is 0 Å². The monoisotopic (exact) mass is 271 g/mol. The second-order valence-electron chi connectivity index (χ2n) is 4.19. The molecule has 2 aromatic rings. The number of hydrogen-bond donors (Lipinski definition) is 2. The first-order valence-corrected chi connectivity index (χ1v) is 5.90. The van der Waals surface area contributed by atoms with Crippen molar-refractivity contribution in [2.45, 2.75) is 6.92 Å². The van der Waals surface area contributed by atoms with Crippen LogP contribution in [0.2, 0.25) is 0 Å². The van der Waals surface area contributed by atoms with Crippen LogP contribution in [0.3, 0.4) is 0 Å². The summed E-state index contributed by atoms with van der Waals surface area (Å²) in [5.41, 5.74) is 4.86. The van der Waals surface area contributed by atoms with Crippen LogP contribution in [0.4, 0.5) is 11.4 Å². The molecule has 6 nitrogen and oxygen atoms in total. The topological polar surface area (TPSA) is 87.8 Å². The Morgan fingerprint density at radius 2 is 2.05 bits per heavy atom. The van der Waals surface area contributed by atoms with E-state index in [1.165, 1.54) is 24.4 Å². The molecule has 0 spiro atoms. The first kappa shape index (κ1) is 13.5. The molecule has 0 fully saturated rings. The van der Waals surface area contributed by atoms with Crippen LogP contribution in [0.25, 0.3) is 0 Å². The number of aromatic hydroxyl groups is 1. The van der Waals surface area contributed by atoms with E-state index < -0.39 is 4.92 Å². The van der Waals surface area contributed by atoms with E-state index >= 15 is 0 Å². The SMILES string of the molecule is Cc1ccccc1N/N=C/c1cc([N+](=O)[O-])ccc1O. The first-order valence-electron chi connectivity index (χ1n) is 5.90. The molecule has 2 N–H and O–H groups in total. The Morgan fingerprint density at radius 1 is 1.30 bits per heavy atom. The summed E-state index contributed by atoms with van der Waals surface area (Å²) in [5.74, 6) is -0.0640. The van der Waals surface area contributed by atoms with Crippen molar-refractivity contribution < 1.29 is 10.0 Å². The predicted molar refractivity (Wildman–Crippen MR) is 77.2 cm³/mol. The summed E-state index contributed by atoms with van der Waals surface area (Å²) in [6, 6.07) is 11.3. The number of benzene rings is 2. The summed E-state index contributed by atoms with van der Waals surface area (Å²) in [7, 11) is 0. The summed E-state index contributed by atoms with van der Waals surface area (Å²) in [4.78, 5) is 10.1. The van der Waals surface area contributed by atoms with Crippen molar-refractivity contribution in [3.63, 3.8) is 0 Å². The molecule has 0 radical (unpaired) electrons. The highest BCUT2D eigenvalue weighted by atomic mass is 16.6. The van der Waals surface area contributed by atoms with Gasteiger partial charge in [0.1, 0.15) is 5.75 Å². The van der Waals surface area contributed by atoms with Gasteiger partial charge in [-0.3, -0.25) is 15.5 Å². The highest BCUT2D eigenvalue weighted by molar-refractivity contribution is 5.85. The minimum atomic E-state index is -0.522. The lowest BCUT2D eigenvalue weighted by Crippen LogP contribution is -1.94.